The van der Waals surface area contributed by atoms with Crippen LogP contribution in [0.4, 0.5) is 8.78 Å². The van der Waals surface area contributed by atoms with E-state index in [1.807, 2.05) is 0 Å². The first-order valence-electron chi connectivity index (χ1n) is 9.61. The number of halogens is 2. The van der Waals surface area contributed by atoms with Crippen LogP contribution in [0, 0.1) is 5.92 Å². The molecule has 0 saturated carbocycles. The van der Waals surface area contributed by atoms with Gasteiger partial charge < -0.3 is 30.5 Å². The van der Waals surface area contributed by atoms with Crippen molar-refractivity contribution >= 4 is 5.97 Å². The zero-order valence-corrected chi connectivity index (χ0v) is 16.0. The molecule has 160 valence electrons. The van der Waals surface area contributed by atoms with Crippen LogP contribution in [0.5, 0.6) is 0 Å². The molecule has 7 nitrogen and oxygen atoms in total. The van der Waals surface area contributed by atoms with Crippen molar-refractivity contribution in [2.75, 3.05) is 13.2 Å². The first kappa shape index (κ1) is 24.2. The van der Waals surface area contributed by atoms with Gasteiger partial charge in [-0.1, -0.05) is 46.0 Å². The Balaban J connectivity index is 2.68. The van der Waals surface area contributed by atoms with Crippen molar-refractivity contribution in [1.82, 2.24) is 0 Å². The lowest BCUT2D eigenvalue weighted by Crippen LogP contribution is -2.67. The molecule has 27 heavy (non-hydrogen) atoms. The number of hydrogen-bond donors (Lipinski definition) is 4. The summed E-state index contributed by atoms with van der Waals surface area (Å²) in [5.74, 6) is -5.93. The summed E-state index contributed by atoms with van der Waals surface area (Å²) in [5.41, 5.74) is 5.67. The Morgan fingerprint density at radius 3 is 2.44 bits per heavy atom. The molecule has 0 amide bonds. The molecule has 1 aliphatic heterocycles. The fraction of sp³-hybridized carbons (Fsp3) is 0.944. The molecule has 1 saturated heterocycles. The summed E-state index contributed by atoms with van der Waals surface area (Å²) in [5, 5.41) is 28.5. The van der Waals surface area contributed by atoms with Gasteiger partial charge in [0.15, 0.2) is 6.17 Å². The van der Waals surface area contributed by atoms with Gasteiger partial charge in [0.05, 0.1) is 19.3 Å². The lowest BCUT2D eigenvalue weighted by atomic mass is 9.82. The first-order valence-corrected chi connectivity index (χ1v) is 9.61. The van der Waals surface area contributed by atoms with Crippen molar-refractivity contribution in [3.8, 4) is 0 Å². The highest BCUT2D eigenvalue weighted by Gasteiger charge is 2.61. The van der Waals surface area contributed by atoms with Gasteiger partial charge in [-0.25, -0.2) is 9.18 Å². The highest BCUT2D eigenvalue weighted by atomic mass is 19.2. The molecule has 0 aromatic rings. The van der Waals surface area contributed by atoms with E-state index < -0.39 is 54.9 Å². The summed E-state index contributed by atoms with van der Waals surface area (Å²) in [6.07, 6.45) is -1.81. The Morgan fingerprint density at radius 1 is 1.26 bits per heavy atom. The standard InChI is InChI=1S/C18H33F2NO6/c1-3-4-5-6-7-8-9-26-17(25)18(20)16(19)13(21)11(2)15(27-18)14(24)12(23)10-22/h11-16,22-24H,3-10,21H2,1-2H3/t11?,12-,13?,14-,15?,16?,18?/m1/s1. The second-order valence-corrected chi connectivity index (χ2v) is 7.21. The average molecular weight is 397 g/mol. The maximum atomic E-state index is 15.0. The minimum Gasteiger partial charge on any atom is -0.461 e. The number of ether oxygens (including phenoxy) is 2. The van der Waals surface area contributed by atoms with Crippen LogP contribution in [0.2, 0.25) is 0 Å². The normalized spacial score (nSPS) is 33.5. The molecule has 0 aliphatic carbocycles. The third kappa shape index (κ3) is 6.05. The van der Waals surface area contributed by atoms with Gasteiger partial charge in [-0.05, 0) is 6.42 Å². The van der Waals surface area contributed by atoms with Crippen molar-refractivity contribution in [3.05, 3.63) is 0 Å². The highest BCUT2D eigenvalue weighted by Crippen LogP contribution is 2.38. The summed E-state index contributed by atoms with van der Waals surface area (Å²) in [7, 11) is 0. The SMILES string of the molecule is CCCCCCCCOC(=O)C1(F)OC([C@H](O)[C@H](O)CO)C(C)C(N)C1F. The quantitative estimate of drug-likeness (QED) is 0.303. The highest BCUT2D eigenvalue weighted by molar-refractivity contribution is 5.79. The number of esters is 1. The number of carbonyl (C=O) groups excluding carboxylic acids is 1. The zero-order valence-electron chi connectivity index (χ0n) is 16.0. The van der Waals surface area contributed by atoms with E-state index in [1.54, 1.807) is 0 Å². The monoisotopic (exact) mass is 397 g/mol. The number of nitrogens with two attached hydrogens (primary N) is 1. The summed E-state index contributed by atoms with van der Waals surface area (Å²) in [6, 6.07) is -1.46. The molecule has 5 unspecified atom stereocenters. The largest absolute Gasteiger partial charge is 0.461 e. The average Bonchev–Trinajstić information content (AvgIpc) is 2.67. The second-order valence-electron chi connectivity index (χ2n) is 7.21. The lowest BCUT2D eigenvalue weighted by Gasteiger charge is -2.45. The molecule has 0 bridgehead atoms. The number of unbranched alkanes of at least 4 members (excludes halogenated alkanes) is 5. The Hall–Kier alpha value is -0.870. The van der Waals surface area contributed by atoms with E-state index >= 15 is 4.39 Å². The zero-order chi connectivity index (χ0) is 20.6. The summed E-state index contributed by atoms with van der Waals surface area (Å²) >= 11 is 0. The molecular formula is C18H33F2NO6. The second kappa shape index (κ2) is 11.2. The molecule has 7 atom stereocenters. The Labute approximate surface area is 158 Å². The van der Waals surface area contributed by atoms with E-state index in [0.717, 1.165) is 32.1 Å². The maximum absolute atomic E-state index is 15.0. The fourth-order valence-electron chi connectivity index (χ4n) is 3.12. The van der Waals surface area contributed by atoms with Gasteiger partial charge in [0.2, 0.25) is 0 Å². The van der Waals surface area contributed by atoms with E-state index in [-0.39, 0.29) is 6.61 Å². The first-order chi connectivity index (χ1) is 12.7. The van der Waals surface area contributed by atoms with Gasteiger partial charge in [0.1, 0.15) is 12.2 Å². The van der Waals surface area contributed by atoms with Crippen LogP contribution >= 0.6 is 0 Å². The number of alkyl halides is 2. The molecule has 1 rings (SSSR count). The van der Waals surface area contributed by atoms with Crippen molar-refractivity contribution in [2.45, 2.75) is 88.8 Å². The Kier molecular flexibility index (Phi) is 10.0. The van der Waals surface area contributed by atoms with Crippen molar-refractivity contribution < 1.29 is 38.4 Å². The summed E-state index contributed by atoms with van der Waals surface area (Å²) in [6.45, 7) is 2.60. The summed E-state index contributed by atoms with van der Waals surface area (Å²) in [4.78, 5) is 12.1. The van der Waals surface area contributed by atoms with Crippen molar-refractivity contribution in [2.24, 2.45) is 11.7 Å². The van der Waals surface area contributed by atoms with Gasteiger partial charge in [-0.15, -0.1) is 0 Å². The maximum Gasteiger partial charge on any atom is 0.375 e. The molecule has 0 aromatic heterocycles. The van der Waals surface area contributed by atoms with Crippen LogP contribution in [0.25, 0.3) is 0 Å². The van der Waals surface area contributed by atoms with Gasteiger partial charge in [0.25, 0.3) is 0 Å². The lowest BCUT2D eigenvalue weighted by molar-refractivity contribution is -0.285. The van der Waals surface area contributed by atoms with Gasteiger partial charge in [-0.2, -0.15) is 4.39 Å². The van der Waals surface area contributed by atoms with Gasteiger partial charge >= 0.3 is 11.8 Å². The van der Waals surface area contributed by atoms with Gasteiger partial charge in [-0.3, -0.25) is 0 Å². The van der Waals surface area contributed by atoms with Crippen LogP contribution < -0.4 is 5.73 Å². The molecule has 1 aliphatic rings. The predicted molar refractivity (Wildman–Crippen MR) is 94.2 cm³/mol. The Bertz CT molecular complexity index is 454. The van der Waals surface area contributed by atoms with Crippen LogP contribution in [0.15, 0.2) is 0 Å². The van der Waals surface area contributed by atoms with E-state index in [0.29, 0.717) is 6.42 Å². The number of rotatable bonds is 11. The Morgan fingerprint density at radius 2 is 1.85 bits per heavy atom. The van der Waals surface area contributed by atoms with Crippen LogP contribution in [0.1, 0.15) is 52.4 Å². The number of hydrogen-bond acceptors (Lipinski definition) is 7. The molecule has 0 radical (unpaired) electrons. The predicted octanol–water partition coefficient (Wildman–Crippen LogP) is 0.970. The minimum atomic E-state index is -3.48. The molecule has 1 heterocycles. The molecule has 5 N–H and O–H groups in total. The minimum absolute atomic E-state index is 0.0794. The number of aliphatic hydroxyl groups excluding tert-OH is 3. The summed E-state index contributed by atoms with van der Waals surface area (Å²) < 4.78 is 39.2. The molecule has 1 fully saturated rings. The number of carbonyl (C=O) groups is 1. The molecular weight excluding hydrogens is 364 g/mol. The molecule has 9 heteroatoms. The van der Waals surface area contributed by atoms with E-state index in [2.05, 4.69) is 6.92 Å². The van der Waals surface area contributed by atoms with E-state index in [1.165, 1.54) is 6.92 Å². The third-order valence-electron chi connectivity index (χ3n) is 5.05. The van der Waals surface area contributed by atoms with Crippen LogP contribution in [-0.4, -0.2) is 70.9 Å². The molecule has 0 aromatic carbocycles. The number of aliphatic hydroxyl groups is 3. The van der Waals surface area contributed by atoms with Crippen molar-refractivity contribution in [3.63, 3.8) is 0 Å². The fourth-order valence-corrected chi connectivity index (χ4v) is 3.12. The van der Waals surface area contributed by atoms with Crippen LogP contribution in [0.3, 0.4) is 0 Å². The smallest absolute Gasteiger partial charge is 0.375 e. The third-order valence-corrected chi connectivity index (χ3v) is 5.05. The van der Waals surface area contributed by atoms with E-state index in [9.17, 15) is 19.4 Å². The topological polar surface area (TPSA) is 122 Å². The van der Waals surface area contributed by atoms with E-state index in [4.69, 9.17) is 20.3 Å². The van der Waals surface area contributed by atoms with Gasteiger partial charge in [0, 0.05) is 12.0 Å². The van der Waals surface area contributed by atoms with Crippen molar-refractivity contribution in [1.29, 1.82) is 0 Å². The van der Waals surface area contributed by atoms with Crippen LogP contribution in [-0.2, 0) is 14.3 Å². The molecule has 0 spiro atoms.